The number of phenolic OH excluding ortho intramolecular Hbond substituents is 1. The molecule has 0 spiro atoms. The van der Waals surface area contributed by atoms with Crippen molar-refractivity contribution in [1.29, 1.82) is 0 Å². The number of aryl methyl sites for hydroxylation is 1. The van der Waals surface area contributed by atoms with Gasteiger partial charge in [0.15, 0.2) is 0 Å². The van der Waals surface area contributed by atoms with Crippen LogP contribution in [0.3, 0.4) is 0 Å². The lowest BCUT2D eigenvalue weighted by Crippen LogP contribution is -2.20. The van der Waals surface area contributed by atoms with Gasteiger partial charge in [-0.2, -0.15) is 0 Å². The van der Waals surface area contributed by atoms with Crippen LogP contribution in [-0.2, 0) is 0 Å². The Hall–Kier alpha value is -0.770. The lowest BCUT2D eigenvalue weighted by Gasteiger charge is -2.21. The van der Waals surface area contributed by atoms with Crippen molar-refractivity contribution in [3.8, 4) is 5.75 Å². The summed E-state index contributed by atoms with van der Waals surface area (Å²) in [7, 11) is 2.06. The van der Waals surface area contributed by atoms with Crippen LogP contribution in [0.4, 0.5) is 0 Å². The first-order valence-electron chi connectivity index (χ1n) is 5.92. The van der Waals surface area contributed by atoms with Crippen molar-refractivity contribution in [1.82, 2.24) is 4.90 Å². The minimum Gasteiger partial charge on any atom is -0.506 e. The predicted molar refractivity (Wildman–Crippen MR) is 70.4 cm³/mol. The van der Waals surface area contributed by atoms with Gasteiger partial charge in [-0.1, -0.05) is 23.7 Å². The summed E-state index contributed by atoms with van der Waals surface area (Å²) in [6.07, 6.45) is 0.986. The third-order valence-electron chi connectivity index (χ3n) is 3.67. The van der Waals surface area contributed by atoms with Gasteiger partial charge >= 0.3 is 0 Å². The van der Waals surface area contributed by atoms with Gasteiger partial charge in [0, 0.05) is 18.2 Å². The number of hydrogen-bond donors (Lipinski definition) is 2. The van der Waals surface area contributed by atoms with Gasteiger partial charge in [0.25, 0.3) is 0 Å². The molecule has 94 valence electrons. The summed E-state index contributed by atoms with van der Waals surface area (Å²) in [5.74, 6) is 0.727. The van der Waals surface area contributed by atoms with E-state index in [1.54, 1.807) is 0 Å². The number of aromatic hydroxyl groups is 1. The van der Waals surface area contributed by atoms with Crippen molar-refractivity contribution in [3.63, 3.8) is 0 Å². The molecular weight excluding hydrogens is 236 g/mol. The van der Waals surface area contributed by atoms with E-state index in [0.717, 1.165) is 24.1 Å². The van der Waals surface area contributed by atoms with Crippen LogP contribution in [0.2, 0.25) is 5.02 Å². The number of halogens is 1. The Morgan fingerprint density at radius 3 is 2.82 bits per heavy atom. The number of nitrogens with zero attached hydrogens (tertiary/aromatic N) is 1. The van der Waals surface area contributed by atoms with E-state index in [1.807, 2.05) is 19.1 Å². The van der Waals surface area contributed by atoms with Crippen LogP contribution in [0.1, 0.15) is 23.6 Å². The van der Waals surface area contributed by atoms with Gasteiger partial charge in [0.2, 0.25) is 0 Å². The topological polar surface area (TPSA) is 49.5 Å². The molecule has 1 fully saturated rings. The Bertz CT molecular complexity index is 422. The maximum atomic E-state index is 10.1. The largest absolute Gasteiger partial charge is 0.506 e. The average Bonchev–Trinajstić information content (AvgIpc) is 2.68. The Balaban J connectivity index is 2.32. The number of likely N-dealkylation sites (tertiary alicyclic amines) is 1. The van der Waals surface area contributed by atoms with E-state index in [9.17, 15) is 5.11 Å². The van der Waals surface area contributed by atoms with E-state index in [0.29, 0.717) is 17.5 Å². The highest BCUT2D eigenvalue weighted by atomic mass is 35.5. The smallest absolute Gasteiger partial charge is 0.139 e. The first-order chi connectivity index (χ1) is 8.04. The molecule has 0 bridgehead atoms. The Labute approximate surface area is 107 Å². The fourth-order valence-electron chi connectivity index (χ4n) is 2.59. The zero-order valence-electron chi connectivity index (χ0n) is 10.3. The number of benzene rings is 1. The van der Waals surface area contributed by atoms with Crippen LogP contribution in [0.5, 0.6) is 5.75 Å². The second kappa shape index (κ2) is 4.84. The van der Waals surface area contributed by atoms with Crippen LogP contribution >= 0.6 is 11.6 Å². The van der Waals surface area contributed by atoms with E-state index in [4.69, 9.17) is 17.3 Å². The molecule has 1 aliphatic rings. The zero-order chi connectivity index (χ0) is 12.6. The van der Waals surface area contributed by atoms with Crippen molar-refractivity contribution in [3.05, 3.63) is 28.3 Å². The molecule has 1 heterocycles. The molecule has 1 saturated heterocycles. The maximum absolute atomic E-state index is 10.1. The van der Waals surface area contributed by atoms with Gasteiger partial charge in [-0.15, -0.1) is 0 Å². The fraction of sp³-hybridized carbons (Fsp3) is 0.538. The molecule has 0 amide bonds. The molecule has 0 radical (unpaired) electrons. The average molecular weight is 255 g/mol. The lowest BCUT2D eigenvalue weighted by molar-refractivity contribution is 0.306. The summed E-state index contributed by atoms with van der Waals surface area (Å²) in [4.78, 5) is 2.23. The monoisotopic (exact) mass is 254 g/mol. The van der Waals surface area contributed by atoms with Crippen molar-refractivity contribution in [2.75, 3.05) is 20.1 Å². The molecule has 3 nitrogen and oxygen atoms in total. The summed E-state index contributed by atoms with van der Waals surface area (Å²) in [6, 6.07) is 4.15. The zero-order valence-corrected chi connectivity index (χ0v) is 11.0. The minimum atomic E-state index is 0.223. The third kappa shape index (κ3) is 2.28. The molecule has 4 heteroatoms. The summed E-state index contributed by atoms with van der Waals surface area (Å²) in [5, 5.41) is 10.6. The molecule has 2 unspecified atom stereocenters. The molecule has 2 rings (SSSR count). The number of hydrogen-bond acceptors (Lipinski definition) is 3. The van der Waals surface area contributed by atoms with E-state index >= 15 is 0 Å². The summed E-state index contributed by atoms with van der Waals surface area (Å²) in [6.45, 7) is 3.57. The van der Waals surface area contributed by atoms with E-state index in [-0.39, 0.29) is 11.8 Å². The van der Waals surface area contributed by atoms with E-state index < -0.39 is 0 Å². The number of rotatable bonds is 2. The van der Waals surface area contributed by atoms with Crippen LogP contribution in [0.25, 0.3) is 0 Å². The highest BCUT2D eigenvalue weighted by Crippen LogP contribution is 2.41. The highest BCUT2D eigenvalue weighted by molar-refractivity contribution is 6.32. The SMILES string of the molecule is Cc1ccc(C2CC(CN)CN2C)c(O)c1Cl. The molecule has 3 N–H and O–H groups in total. The maximum Gasteiger partial charge on any atom is 0.139 e. The molecule has 1 aromatic rings. The Kier molecular flexibility index (Phi) is 3.61. The van der Waals surface area contributed by atoms with Gasteiger partial charge in [-0.3, -0.25) is 4.90 Å². The quantitative estimate of drug-likeness (QED) is 0.852. The fourth-order valence-corrected chi connectivity index (χ4v) is 2.76. The Morgan fingerprint density at radius 2 is 2.24 bits per heavy atom. The van der Waals surface area contributed by atoms with Gasteiger partial charge in [-0.05, 0) is 38.4 Å². The lowest BCUT2D eigenvalue weighted by atomic mass is 9.98. The molecule has 2 atom stereocenters. The van der Waals surface area contributed by atoms with Gasteiger partial charge < -0.3 is 10.8 Å². The van der Waals surface area contributed by atoms with Crippen LogP contribution in [0.15, 0.2) is 12.1 Å². The molecule has 1 aliphatic heterocycles. The van der Waals surface area contributed by atoms with Gasteiger partial charge in [0.1, 0.15) is 5.75 Å². The molecule has 0 saturated carbocycles. The first-order valence-corrected chi connectivity index (χ1v) is 6.30. The van der Waals surface area contributed by atoms with Crippen molar-refractivity contribution < 1.29 is 5.11 Å². The molecule has 1 aromatic carbocycles. The van der Waals surface area contributed by atoms with E-state index in [1.165, 1.54) is 0 Å². The van der Waals surface area contributed by atoms with Crippen molar-refractivity contribution in [2.45, 2.75) is 19.4 Å². The minimum absolute atomic E-state index is 0.223. The van der Waals surface area contributed by atoms with Crippen molar-refractivity contribution in [2.24, 2.45) is 11.7 Å². The van der Waals surface area contributed by atoms with Crippen LogP contribution in [-0.4, -0.2) is 30.1 Å². The van der Waals surface area contributed by atoms with Crippen LogP contribution in [0, 0.1) is 12.8 Å². The van der Waals surface area contributed by atoms with Gasteiger partial charge in [0.05, 0.1) is 5.02 Å². The predicted octanol–water partition coefficient (Wildman–Crippen LogP) is 2.31. The summed E-state index contributed by atoms with van der Waals surface area (Å²) >= 11 is 6.09. The molecular formula is C13H19ClN2O. The first kappa shape index (κ1) is 12.7. The summed E-state index contributed by atoms with van der Waals surface area (Å²) in [5.41, 5.74) is 7.54. The Morgan fingerprint density at radius 1 is 1.53 bits per heavy atom. The van der Waals surface area contributed by atoms with Crippen LogP contribution < -0.4 is 5.73 Å². The standard InChI is InChI=1S/C13H19ClN2O/c1-8-3-4-10(13(17)12(8)14)11-5-9(6-15)7-16(11)2/h3-4,9,11,17H,5-7,15H2,1-2H3. The highest BCUT2D eigenvalue weighted by Gasteiger charge is 2.31. The normalized spacial score (nSPS) is 25.4. The molecule has 0 aliphatic carbocycles. The van der Waals surface area contributed by atoms with E-state index in [2.05, 4.69) is 11.9 Å². The third-order valence-corrected chi connectivity index (χ3v) is 4.14. The second-order valence-corrected chi connectivity index (χ2v) is 5.31. The second-order valence-electron chi connectivity index (χ2n) is 4.93. The molecule has 0 aromatic heterocycles. The summed E-state index contributed by atoms with van der Waals surface area (Å²) < 4.78 is 0. The molecule has 17 heavy (non-hydrogen) atoms. The number of phenols is 1. The number of nitrogens with two attached hydrogens (primary N) is 1. The van der Waals surface area contributed by atoms with Gasteiger partial charge in [-0.25, -0.2) is 0 Å². The van der Waals surface area contributed by atoms with Crippen molar-refractivity contribution >= 4 is 11.6 Å².